The zero-order chi connectivity index (χ0) is 18.4. The number of nitrogens with one attached hydrogen (secondary N) is 3. The maximum atomic E-state index is 13.1. The topological polar surface area (TPSA) is 62.6 Å². The molecule has 5 nitrogen and oxygen atoms in total. The Morgan fingerprint density at radius 2 is 1.52 bits per heavy atom. The summed E-state index contributed by atoms with van der Waals surface area (Å²) in [6, 6.07) is 11.4. The molecule has 0 aliphatic carbocycles. The number of carbonyl (C=O) groups is 2. The van der Waals surface area contributed by atoms with E-state index in [1.165, 1.54) is 18.2 Å². The number of rotatable bonds is 6. The molecule has 0 fully saturated rings. The van der Waals surface area contributed by atoms with Gasteiger partial charge in [0.15, 0.2) is 13.1 Å². The zero-order valence-corrected chi connectivity index (χ0v) is 14.7. The number of benzene rings is 2. The fourth-order valence-electron chi connectivity index (χ4n) is 2.41. The molecule has 0 saturated carbocycles. The fourth-order valence-corrected chi connectivity index (χ4v) is 2.41. The van der Waals surface area contributed by atoms with Crippen LogP contribution in [0.2, 0.25) is 0 Å². The van der Waals surface area contributed by atoms with Gasteiger partial charge in [0.25, 0.3) is 11.8 Å². The summed E-state index contributed by atoms with van der Waals surface area (Å²) in [5, 5.41) is 5.45. The number of hydrogen-bond donors (Lipinski definition) is 3. The lowest BCUT2D eigenvalue weighted by molar-refractivity contribution is -0.862. The third-order valence-electron chi connectivity index (χ3n) is 3.82. The highest BCUT2D eigenvalue weighted by atomic mass is 19.1. The average molecular weight is 344 g/mol. The van der Waals surface area contributed by atoms with Gasteiger partial charge in [-0.15, -0.1) is 0 Å². The van der Waals surface area contributed by atoms with Gasteiger partial charge in [0.05, 0.1) is 7.05 Å². The lowest BCUT2D eigenvalue weighted by Crippen LogP contribution is -3.11. The van der Waals surface area contributed by atoms with Gasteiger partial charge in [-0.25, -0.2) is 4.39 Å². The van der Waals surface area contributed by atoms with Crippen molar-refractivity contribution in [2.24, 2.45) is 0 Å². The third-order valence-corrected chi connectivity index (χ3v) is 3.82. The van der Waals surface area contributed by atoms with Crippen LogP contribution in [0.3, 0.4) is 0 Å². The van der Waals surface area contributed by atoms with Crippen molar-refractivity contribution in [3.05, 3.63) is 59.4 Å². The van der Waals surface area contributed by atoms with Gasteiger partial charge in [-0.1, -0.05) is 12.1 Å². The number of carbonyl (C=O) groups excluding carboxylic acids is 2. The summed E-state index contributed by atoms with van der Waals surface area (Å²) >= 11 is 0. The molecule has 0 heterocycles. The molecule has 0 bridgehead atoms. The molecule has 2 aromatic carbocycles. The summed E-state index contributed by atoms with van der Waals surface area (Å²) in [4.78, 5) is 24.8. The first-order valence-electron chi connectivity index (χ1n) is 8.07. The van der Waals surface area contributed by atoms with Crippen molar-refractivity contribution in [1.29, 1.82) is 0 Å². The number of amides is 2. The smallest absolute Gasteiger partial charge is 0.279 e. The molecular weight excluding hydrogens is 321 g/mol. The highest BCUT2D eigenvalue weighted by molar-refractivity contribution is 5.93. The molecule has 0 aromatic heterocycles. The molecule has 0 aliphatic heterocycles. The van der Waals surface area contributed by atoms with Crippen molar-refractivity contribution in [3.63, 3.8) is 0 Å². The van der Waals surface area contributed by atoms with Crippen molar-refractivity contribution in [2.75, 3.05) is 30.8 Å². The van der Waals surface area contributed by atoms with Crippen LogP contribution in [0.4, 0.5) is 15.8 Å². The molecule has 6 heteroatoms. The molecule has 2 aromatic rings. The second kappa shape index (κ2) is 8.39. The highest BCUT2D eigenvalue weighted by Crippen LogP contribution is 2.13. The van der Waals surface area contributed by atoms with Crippen LogP contribution in [-0.2, 0) is 9.59 Å². The Balaban J connectivity index is 1.82. The van der Waals surface area contributed by atoms with Crippen molar-refractivity contribution < 1.29 is 18.9 Å². The summed E-state index contributed by atoms with van der Waals surface area (Å²) < 4.78 is 13.1. The van der Waals surface area contributed by atoms with Crippen LogP contribution in [0.1, 0.15) is 11.1 Å². The Hall–Kier alpha value is -2.73. The van der Waals surface area contributed by atoms with Gasteiger partial charge in [0.2, 0.25) is 0 Å². The van der Waals surface area contributed by atoms with E-state index >= 15 is 0 Å². The predicted octanol–water partition coefficient (Wildman–Crippen LogP) is 1.53. The maximum Gasteiger partial charge on any atom is 0.279 e. The third kappa shape index (κ3) is 6.00. The molecular formula is C19H23FN3O2+. The van der Waals surface area contributed by atoms with Gasteiger partial charge in [-0.2, -0.15) is 0 Å². The number of anilines is 2. The molecule has 0 radical (unpaired) electrons. The number of hydrogen-bond acceptors (Lipinski definition) is 2. The van der Waals surface area contributed by atoms with Gasteiger partial charge in [-0.05, 0) is 55.3 Å². The minimum absolute atomic E-state index is 0.108. The Bertz CT molecular complexity index is 777. The Morgan fingerprint density at radius 1 is 0.920 bits per heavy atom. The summed E-state index contributed by atoms with van der Waals surface area (Å²) in [6.45, 7) is 4.26. The maximum absolute atomic E-state index is 13.1. The molecule has 25 heavy (non-hydrogen) atoms. The van der Waals surface area contributed by atoms with E-state index < -0.39 is 5.82 Å². The van der Waals surface area contributed by atoms with Gasteiger partial charge in [-0.3, -0.25) is 9.59 Å². The van der Waals surface area contributed by atoms with E-state index in [4.69, 9.17) is 0 Å². The van der Waals surface area contributed by atoms with E-state index in [0.717, 1.165) is 21.7 Å². The van der Waals surface area contributed by atoms with Crippen LogP contribution in [-0.4, -0.2) is 32.0 Å². The minimum atomic E-state index is -0.411. The standard InChI is InChI=1S/C19H22FN3O2/c1-13-7-8-17(9-14(13)2)22-19(25)12-23(3)11-18(24)21-16-6-4-5-15(20)10-16/h4-10H,11-12H2,1-3H3,(H,21,24)(H,22,25)/p+1. The second-order valence-corrected chi connectivity index (χ2v) is 6.22. The summed E-state index contributed by atoms with van der Waals surface area (Å²) in [5.74, 6) is -0.854. The van der Waals surface area contributed by atoms with E-state index in [-0.39, 0.29) is 24.9 Å². The quantitative estimate of drug-likeness (QED) is 0.744. The van der Waals surface area contributed by atoms with Crippen molar-refractivity contribution in [3.8, 4) is 0 Å². The average Bonchev–Trinajstić information content (AvgIpc) is 2.50. The first-order valence-corrected chi connectivity index (χ1v) is 8.07. The summed E-state index contributed by atoms with van der Waals surface area (Å²) in [6.07, 6.45) is 0. The van der Waals surface area contributed by atoms with E-state index in [1.807, 2.05) is 32.0 Å². The normalized spacial score (nSPS) is 11.7. The number of likely N-dealkylation sites (N-methyl/N-ethyl adjacent to an activating group) is 1. The Morgan fingerprint density at radius 3 is 2.08 bits per heavy atom. The van der Waals surface area contributed by atoms with Crippen LogP contribution >= 0.6 is 0 Å². The lowest BCUT2D eigenvalue weighted by Gasteiger charge is -2.14. The predicted molar refractivity (Wildman–Crippen MR) is 96.2 cm³/mol. The van der Waals surface area contributed by atoms with Gasteiger partial charge in [0, 0.05) is 11.4 Å². The van der Waals surface area contributed by atoms with Crippen LogP contribution in [0, 0.1) is 19.7 Å². The van der Waals surface area contributed by atoms with Crippen LogP contribution in [0.5, 0.6) is 0 Å². The highest BCUT2D eigenvalue weighted by Gasteiger charge is 2.15. The number of quaternary nitrogens is 1. The van der Waals surface area contributed by atoms with E-state index in [9.17, 15) is 14.0 Å². The SMILES string of the molecule is Cc1ccc(NC(=O)C[NH+](C)CC(=O)Nc2cccc(F)c2)cc1C. The molecule has 1 unspecified atom stereocenters. The zero-order valence-electron chi connectivity index (χ0n) is 14.7. The first kappa shape index (κ1) is 18.6. The van der Waals surface area contributed by atoms with E-state index in [1.54, 1.807) is 13.1 Å². The molecule has 3 N–H and O–H groups in total. The number of aryl methyl sites for hydroxylation is 2. The summed E-state index contributed by atoms with van der Waals surface area (Å²) in [7, 11) is 1.76. The van der Waals surface area contributed by atoms with Crippen LogP contribution in [0.15, 0.2) is 42.5 Å². The monoisotopic (exact) mass is 344 g/mol. The fraction of sp³-hybridized carbons (Fsp3) is 0.263. The molecule has 2 amide bonds. The molecule has 0 spiro atoms. The molecule has 2 rings (SSSR count). The molecule has 132 valence electrons. The number of halogens is 1. The second-order valence-electron chi connectivity index (χ2n) is 6.22. The van der Waals surface area contributed by atoms with Crippen molar-refractivity contribution in [1.82, 2.24) is 0 Å². The Kier molecular flexibility index (Phi) is 6.25. The van der Waals surface area contributed by atoms with Crippen LogP contribution < -0.4 is 15.5 Å². The van der Waals surface area contributed by atoms with Crippen molar-refractivity contribution >= 4 is 23.2 Å². The Labute approximate surface area is 146 Å². The lowest BCUT2D eigenvalue weighted by atomic mass is 10.1. The molecule has 0 saturated heterocycles. The molecule has 0 aliphatic rings. The summed E-state index contributed by atoms with van der Waals surface area (Å²) in [5.41, 5.74) is 3.41. The van der Waals surface area contributed by atoms with Gasteiger partial charge in [0.1, 0.15) is 5.82 Å². The van der Waals surface area contributed by atoms with E-state index in [2.05, 4.69) is 10.6 Å². The van der Waals surface area contributed by atoms with E-state index in [0.29, 0.717) is 5.69 Å². The van der Waals surface area contributed by atoms with Gasteiger partial charge >= 0.3 is 0 Å². The molecule has 1 atom stereocenters. The first-order chi connectivity index (χ1) is 11.8. The minimum Gasteiger partial charge on any atom is -0.322 e. The van der Waals surface area contributed by atoms with Crippen LogP contribution in [0.25, 0.3) is 0 Å². The largest absolute Gasteiger partial charge is 0.322 e. The van der Waals surface area contributed by atoms with Crippen molar-refractivity contribution in [2.45, 2.75) is 13.8 Å². The van der Waals surface area contributed by atoms with Gasteiger partial charge < -0.3 is 15.5 Å².